The van der Waals surface area contributed by atoms with Crippen LogP contribution in [0, 0.1) is 0 Å². The summed E-state index contributed by atoms with van der Waals surface area (Å²) in [6.07, 6.45) is 1.39. The third-order valence-electron chi connectivity index (χ3n) is 4.55. The number of Topliss-reactive ketones (excluding diaryl/α,β-unsaturated/α-hetero) is 1. The Hall–Kier alpha value is -4.06. The zero-order valence-corrected chi connectivity index (χ0v) is 15.4. The number of carbonyl (C=O) groups excluding carboxylic acids is 2. The molecular weight excluding hydrogens is 366 g/mol. The number of aromatic nitrogens is 2. The fourth-order valence-corrected chi connectivity index (χ4v) is 3.00. The summed E-state index contributed by atoms with van der Waals surface area (Å²) in [4.78, 5) is 41.5. The predicted molar refractivity (Wildman–Crippen MR) is 111 cm³/mol. The van der Waals surface area contributed by atoms with Gasteiger partial charge in [0.1, 0.15) is 0 Å². The Balaban J connectivity index is 1.48. The van der Waals surface area contributed by atoms with E-state index in [1.807, 2.05) is 12.1 Å². The Morgan fingerprint density at radius 2 is 1.52 bits per heavy atom. The van der Waals surface area contributed by atoms with Gasteiger partial charge in [0.2, 0.25) is 0 Å². The van der Waals surface area contributed by atoms with Crippen molar-refractivity contribution in [1.82, 2.24) is 9.55 Å². The molecule has 0 saturated carbocycles. The molecule has 1 N–H and O–H groups in total. The number of anilines is 1. The van der Waals surface area contributed by atoms with E-state index >= 15 is 0 Å². The lowest BCUT2D eigenvalue weighted by molar-refractivity contribution is 0.0970. The summed E-state index contributed by atoms with van der Waals surface area (Å²) < 4.78 is 1.30. The third-order valence-corrected chi connectivity index (χ3v) is 4.55. The maximum Gasteiger partial charge on any atom is 0.261 e. The maximum atomic E-state index is 12.6. The van der Waals surface area contributed by atoms with Gasteiger partial charge in [-0.3, -0.25) is 19.0 Å². The molecule has 29 heavy (non-hydrogen) atoms. The van der Waals surface area contributed by atoms with E-state index in [4.69, 9.17) is 0 Å². The van der Waals surface area contributed by atoms with E-state index < -0.39 is 0 Å². The zero-order chi connectivity index (χ0) is 20.2. The summed E-state index contributed by atoms with van der Waals surface area (Å²) in [5.74, 6) is -0.441. The highest BCUT2D eigenvalue weighted by atomic mass is 16.2. The van der Waals surface area contributed by atoms with Gasteiger partial charge >= 0.3 is 0 Å². The van der Waals surface area contributed by atoms with Crippen molar-refractivity contribution in [2.75, 3.05) is 5.32 Å². The number of nitrogens with one attached hydrogen (secondary N) is 1. The van der Waals surface area contributed by atoms with E-state index in [2.05, 4.69) is 10.3 Å². The smallest absolute Gasteiger partial charge is 0.261 e. The van der Waals surface area contributed by atoms with Gasteiger partial charge in [-0.15, -0.1) is 0 Å². The Labute approximate surface area is 166 Å². The minimum atomic E-state index is -0.254. The first-order chi connectivity index (χ1) is 14.1. The van der Waals surface area contributed by atoms with Crippen molar-refractivity contribution in [2.45, 2.75) is 6.54 Å². The van der Waals surface area contributed by atoms with E-state index in [0.29, 0.717) is 27.7 Å². The van der Waals surface area contributed by atoms with E-state index in [9.17, 15) is 14.4 Å². The lowest BCUT2D eigenvalue weighted by Crippen LogP contribution is -2.24. The summed E-state index contributed by atoms with van der Waals surface area (Å²) in [6, 6.07) is 22.5. The summed E-state index contributed by atoms with van der Waals surface area (Å²) >= 11 is 0. The minimum absolute atomic E-state index is 0.105. The monoisotopic (exact) mass is 383 g/mol. The van der Waals surface area contributed by atoms with E-state index in [1.165, 1.54) is 10.9 Å². The van der Waals surface area contributed by atoms with Gasteiger partial charge in [0.15, 0.2) is 5.78 Å². The fourth-order valence-electron chi connectivity index (χ4n) is 3.00. The number of carbonyl (C=O) groups is 2. The molecule has 0 saturated heterocycles. The van der Waals surface area contributed by atoms with Gasteiger partial charge in [0, 0.05) is 16.8 Å². The van der Waals surface area contributed by atoms with E-state index in [-0.39, 0.29) is 23.8 Å². The number of hydrogen-bond donors (Lipinski definition) is 1. The van der Waals surface area contributed by atoms with Crippen LogP contribution < -0.4 is 10.9 Å². The van der Waals surface area contributed by atoms with Gasteiger partial charge in [0.05, 0.1) is 23.8 Å². The molecule has 4 aromatic rings. The van der Waals surface area contributed by atoms with Crippen molar-refractivity contribution < 1.29 is 9.59 Å². The molecule has 6 nitrogen and oxygen atoms in total. The van der Waals surface area contributed by atoms with Crippen LogP contribution in [0.5, 0.6) is 0 Å². The molecule has 0 aliphatic rings. The molecule has 1 heterocycles. The van der Waals surface area contributed by atoms with Crippen LogP contribution in [0.25, 0.3) is 10.9 Å². The summed E-state index contributed by atoms with van der Waals surface area (Å²) in [7, 11) is 0. The van der Waals surface area contributed by atoms with Gasteiger partial charge in [-0.05, 0) is 48.5 Å². The number of nitrogens with zero attached hydrogens (tertiary/aromatic N) is 2. The van der Waals surface area contributed by atoms with Gasteiger partial charge in [-0.2, -0.15) is 0 Å². The minimum Gasteiger partial charge on any atom is -0.322 e. The Bertz CT molecular complexity index is 1250. The van der Waals surface area contributed by atoms with Gasteiger partial charge in [0.25, 0.3) is 11.5 Å². The first-order valence-corrected chi connectivity index (χ1v) is 9.06. The Morgan fingerprint density at radius 3 is 2.28 bits per heavy atom. The normalized spacial score (nSPS) is 10.6. The summed E-state index contributed by atoms with van der Waals surface area (Å²) in [6.45, 7) is -0.105. The van der Waals surface area contributed by atoms with Gasteiger partial charge < -0.3 is 5.32 Å². The average molecular weight is 383 g/mol. The summed E-state index contributed by atoms with van der Waals surface area (Å²) in [5.41, 5.74) is 1.92. The molecule has 1 aromatic heterocycles. The Kier molecular flexibility index (Phi) is 4.99. The van der Waals surface area contributed by atoms with Crippen LogP contribution in [0.4, 0.5) is 5.69 Å². The molecule has 0 fully saturated rings. The molecule has 0 spiro atoms. The SMILES string of the molecule is O=C(Cn1cnc2ccccc2c1=O)c1ccc(NC(=O)c2ccccc2)cc1. The lowest BCUT2D eigenvalue weighted by atomic mass is 10.1. The largest absolute Gasteiger partial charge is 0.322 e. The van der Waals surface area contributed by atoms with E-state index in [1.54, 1.807) is 66.7 Å². The number of amides is 1. The number of para-hydroxylation sites is 1. The highest BCUT2D eigenvalue weighted by Gasteiger charge is 2.11. The van der Waals surface area contributed by atoms with E-state index in [0.717, 1.165) is 0 Å². The van der Waals surface area contributed by atoms with Crippen LogP contribution in [0.1, 0.15) is 20.7 Å². The van der Waals surface area contributed by atoms with Crippen molar-refractivity contribution in [2.24, 2.45) is 0 Å². The molecule has 0 unspecified atom stereocenters. The third kappa shape index (κ3) is 3.96. The maximum absolute atomic E-state index is 12.6. The van der Waals surface area contributed by atoms with Gasteiger partial charge in [-0.25, -0.2) is 4.98 Å². The van der Waals surface area contributed by atoms with Crippen molar-refractivity contribution >= 4 is 28.3 Å². The number of hydrogen-bond acceptors (Lipinski definition) is 4. The molecule has 1 amide bonds. The second-order valence-electron chi connectivity index (χ2n) is 6.52. The van der Waals surface area contributed by atoms with Crippen LogP contribution >= 0.6 is 0 Å². The first-order valence-electron chi connectivity index (χ1n) is 9.06. The number of benzene rings is 3. The second kappa shape index (κ2) is 7.90. The molecule has 6 heteroatoms. The van der Waals surface area contributed by atoms with Crippen molar-refractivity contribution in [3.05, 3.63) is 107 Å². The number of ketones is 1. The van der Waals surface area contributed by atoms with Crippen LogP contribution in [0.15, 0.2) is 90.0 Å². The first kappa shape index (κ1) is 18.3. The molecule has 0 aliphatic carbocycles. The zero-order valence-electron chi connectivity index (χ0n) is 15.4. The lowest BCUT2D eigenvalue weighted by Gasteiger charge is -2.08. The van der Waals surface area contributed by atoms with Gasteiger partial charge in [-0.1, -0.05) is 30.3 Å². The quantitative estimate of drug-likeness (QED) is 0.535. The molecule has 3 aromatic carbocycles. The Morgan fingerprint density at radius 1 is 0.828 bits per heavy atom. The highest BCUT2D eigenvalue weighted by Crippen LogP contribution is 2.13. The summed E-state index contributed by atoms with van der Waals surface area (Å²) in [5, 5.41) is 3.26. The van der Waals surface area contributed by atoms with Crippen molar-refractivity contribution in [3.63, 3.8) is 0 Å². The molecule has 0 atom stereocenters. The van der Waals surface area contributed by atoms with Crippen LogP contribution in [0.2, 0.25) is 0 Å². The second-order valence-corrected chi connectivity index (χ2v) is 6.52. The number of rotatable bonds is 5. The predicted octanol–water partition coefficient (Wildman–Crippen LogP) is 3.53. The average Bonchev–Trinajstić information content (AvgIpc) is 2.77. The standard InChI is InChI=1S/C23H17N3O3/c27-21(14-26-15-24-20-9-5-4-8-19(20)23(26)29)16-10-12-18(13-11-16)25-22(28)17-6-2-1-3-7-17/h1-13,15H,14H2,(H,25,28). The van der Waals surface area contributed by atoms with Crippen molar-refractivity contribution in [3.8, 4) is 0 Å². The van der Waals surface area contributed by atoms with Crippen LogP contribution in [-0.2, 0) is 6.54 Å². The van der Waals surface area contributed by atoms with Crippen LogP contribution in [-0.4, -0.2) is 21.2 Å². The molecule has 142 valence electrons. The molecule has 0 bridgehead atoms. The molecule has 4 rings (SSSR count). The highest BCUT2D eigenvalue weighted by molar-refractivity contribution is 6.04. The number of fused-ring (bicyclic) bond motifs is 1. The van der Waals surface area contributed by atoms with Crippen molar-refractivity contribution in [1.29, 1.82) is 0 Å². The molecular formula is C23H17N3O3. The van der Waals surface area contributed by atoms with Crippen LogP contribution in [0.3, 0.4) is 0 Å². The topological polar surface area (TPSA) is 81.1 Å². The molecule has 0 aliphatic heterocycles. The molecule has 0 radical (unpaired) electrons. The fraction of sp³-hybridized carbons (Fsp3) is 0.0435.